The summed E-state index contributed by atoms with van der Waals surface area (Å²) in [6.45, 7) is 17.6. The average Bonchev–Trinajstić information content (AvgIpc) is 3.43. The first-order valence-corrected chi connectivity index (χ1v) is 12.2. The number of carbonyl (C=O) groups excluding carboxylic acids is 1. The van der Waals surface area contributed by atoms with E-state index < -0.39 is 0 Å². The van der Waals surface area contributed by atoms with E-state index >= 15 is 0 Å². The van der Waals surface area contributed by atoms with E-state index in [-0.39, 0.29) is 0 Å². The Morgan fingerprint density at radius 1 is 1.03 bits per heavy atom. The number of hydrogen-bond acceptors (Lipinski definition) is 6. The SMILES string of the molecule is C=CCCn1cc(C(C)CC)nn1.CC.CC(C)c1cn(CCC=O)nn1.PS. The molecule has 0 aliphatic carbocycles. The Kier molecular flexibility index (Phi) is 20.2. The van der Waals surface area contributed by atoms with Gasteiger partial charge in [-0.15, -0.1) is 16.8 Å². The Morgan fingerprint density at radius 3 is 1.93 bits per heavy atom. The van der Waals surface area contributed by atoms with Gasteiger partial charge in [0.25, 0.3) is 0 Å². The highest BCUT2D eigenvalue weighted by Crippen LogP contribution is 2.14. The van der Waals surface area contributed by atoms with Crippen molar-refractivity contribution in [2.75, 3.05) is 0 Å². The fourth-order valence-electron chi connectivity index (χ4n) is 1.95. The van der Waals surface area contributed by atoms with Gasteiger partial charge >= 0.3 is 0 Å². The maximum Gasteiger partial charge on any atom is 0.121 e. The van der Waals surface area contributed by atoms with Gasteiger partial charge in [0.2, 0.25) is 0 Å². The van der Waals surface area contributed by atoms with Crippen LogP contribution < -0.4 is 0 Å². The topological polar surface area (TPSA) is 78.5 Å². The van der Waals surface area contributed by atoms with Crippen molar-refractivity contribution in [2.45, 2.75) is 85.7 Å². The molecule has 7 nitrogen and oxygen atoms in total. The van der Waals surface area contributed by atoms with Gasteiger partial charge in [-0.25, -0.2) is 0 Å². The molecule has 0 radical (unpaired) electrons. The maximum absolute atomic E-state index is 10.1. The summed E-state index contributed by atoms with van der Waals surface area (Å²) in [5.41, 5.74) is 2.06. The number of allylic oxidation sites excluding steroid dienone is 1. The maximum atomic E-state index is 10.1. The molecule has 2 rings (SSSR count). The van der Waals surface area contributed by atoms with Crippen molar-refractivity contribution in [3.63, 3.8) is 0 Å². The molecule has 2 aromatic rings. The van der Waals surface area contributed by atoms with Crippen LogP contribution in [0.2, 0.25) is 0 Å². The van der Waals surface area contributed by atoms with Gasteiger partial charge in [0.05, 0.1) is 11.4 Å². The minimum atomic E-state index is 0.398. The summed E-state index contributed by atoms with van der Waals surface area (Å²) in [5, 5.41) is 16.0. The molecule has 2 atom stereocenters. The summed E-state index contributed by atoms with van der Waals surface area (Å²) in [4.78, 5) is 10.1. The van der Waals surface area contributed by atoms with Gasteiger partial charge in [0, 0.05) is 37.8 Å². The lowest BCUT2D eigenvalue weighted by Gasteiger charge is -2.00. The summed E-state index contributed by atoms with van der Waals surface area (Å²) in [5.74, 6) is 0.910. The van der Waals surface area contributed by atoms with Crippen LogP contribution in [0.25, 0.3) is 0 Å². The van der Waals surface area contributed by atoms with Crippen molar-refractivity contribution < 1.29 is 4.79 Å². The van der Waals surface area contributed by atoms with Crippen LogP contribution in [0, 0.1) is 0 Å². The Hall–Kier alpha value is -1.53. The van der Waals surface area contributed by atoms with Crippen LogP contribution in [-0.4, -0.2) is 36.3 Å². The van der Waals surface area contributed by atoms with Gasteiger partial charge in [0.1, 0.15) is 6.29 Å². The molecular weight excluding hydrogens is 403 g/mol. The van der Waals surface area contributed by atoms with Crippen LogP contribution in [0.1, 0.15) is 84.0 Å². The summed E-state index contributed by atoms with van der Waals surface area (Å²) in [6.07, 6.45) is 9.25. The third-order valence-corrected chi connectivity index (χ3v) is 3.86. The Labute approximate surface area is 184 Å². The summed E-state index contributed by atoms with van der Waals surface area (Å²) >= 11 is 3.44. The lowest BCUT2D eigenvalue weighted by atomic mass is 10.1. The largest absolute Gasteiger partial charge is 0.303 e. The quantitative estimate of drug-likeness (QED) is 0.253. The molecule has 0 saturated carbocycles. The van der Waals surface area contributed by atoms with E-state index in [0.717, 1.165) is 37.1 Å². The zero-order valence-corrected chi connectivity index (χ0v) is 20.9. The van der Waals surface area contributed by atoms with E-state index in [2.05, 4.69) is 75.6 Å². The molecule has 0 bridgehead atoms. The van der Waals surface area contributed by atoms with Crippen molar-refractivity contribution in [2.24, 2.45) is 0 Å². The standard InChI is InChI=1S/C10H17N3.C8H13N3O.C2H6.H3PS/c1-4-6-7-13-8-10(11-12-13)9(3)5-2;1-7(2)8-6-11(10-9-8)4-3-5-12;2*1-2/h4,8-9H,1,5-7H2,2-3H3;5-7H,3-4H2,1-2H3;1-2H3;2H,1H2. The van der Waals surface area contributed by atoms with E-state index in [1.165, 1.54) is 0 Å². The first kappa shape index (κ1) is 29.7. The van der Waals surface area contributed by atoms with Crippen LogP contribution in [0.5, 0.6) is 0 Å². The zero-order chi connectivity index (χ0) is 22.7. The van der Waals surface area contributed by atoms with Gasteiger partial charge in [0.15, 0.2) is 0 Å². The Morgan fingerprint density at radius 2 is 1.52 bits per heavy atom. The second kappa shape index (κ2) is 19.8. The molecule has 0 aromatic carbocycles. The first-order valence-electron chi connectivity index (χ1n) is 10.1. The van der Waals surface area contributed by atoms with Crippen LogP contribution in [-0.2, 0) is 17.9 Å². The second-order valence-electron chi connectivity index (χ2n) is 6.31. The van der Waals surface area contributed by atoms with E-state index in [0.29, 0.717) is 24.8 Å². The number of rotatable bonds is 9. The lowest BCUT2D eigenvalue weighted by Crippen LogP contribution is -1.98. The van der Waals surface area contributed by atoms with E-state index in [1.807, 2.05) is 37.0 Å². The predicted octanol–water partition coefficient (Wildman–Crippen LogP) is 5.09. The Balaban J connectivity index is 0. The fourth-order valence-corrected chi connectivity index (χ4v) is 1.95. The van der Waals surface area contributed by atoms with Gasteiger partial charge in [-0.2, -0.15) is 12.2 Å². The summed E-state index contributed by atoms with van der Waals surface area (Å²) in [7, 11) is 2.11. The molecule has 0 amide bonds. The van der Waals surface area contributed by atoms with Crippen molar-refractivity contribution in [1.82, 2.24) is 30.0 Å². The number of hydrogen-bond donors (Lipinski definition) is 1. The minimum Gasteiger partial charge on any atom is -0.303 e. The first-order chi connectivity index (χ1) is 14.0. The average molecular weight is 443 g/mol. The number of thiol groups is 1. The smallest absolute Gasteiger partial charge is 0.121 e. The van der Waals surface area contributed by atoms with Crippen molar-refractivity contribution in [1.29, 1.82) is 0 Å². The van der Waals surface area contributed by atoms with Crippen molar-refractivity contribution >= 4 is 27.0 Å². The van der Waals surface area contributed by atoms with Crippen molar-refractivity contribution in [3.05, 3.63) is 36.4 Å². The normalized spacial score (nSPS) is 10.5. The molecule has 0 N–H and O–H groups in total. The number of aryl methyl sites for hydroxylation is 2. The monoisotopic (exact) mass is 442 g/mol. The second-order valence-corrected chi connectivity index (χ2v) is 6.31. The molecule has 9 heteroatoms. The molecule has 2 unspecified atom stereocenters. The van der Waals surface area contributed by atoms with Crippen LogP contribution >= 0.6 is 20.7 Å². The van der Waals surface area contributed by atoms with Gasteiger partial charge in [-0.1, -0.05) is 66.5 Å². The molecule has 2 heterocycles. The predicted molar refractivity (Wildman–Crippen MR) is 128 cm³/mol. The lowest BCUT2D eigenvalue weighted by molar-refractivity contribution is -0.108. The fraction of sp³-hybridized carbons (Fsp3) is 0.650. The van der Waals surface area contributed by atoms with Crippen LogP contribution in [0.4, 0.5) is 0 Å². The van der Waals surface area contributed by atoms with Gasteiger partial charge < -0.3 is 4.79 Å². The third kappa shape index (κ3) is 13.3. The molecule has 0 aliphatic rings. The molecule has 0 spiro atoms. The number of nitrogens with zero attached hydrogens (tertiary/aromatic N) is 6. The number of aromatic nitrogens is 6. The molecule has 166 valence electrons. The molecule has 29 heavy (non-hydrogen) atoms. The highest BCUT2D eigenvalue weighted by Gasteiger charge is 2.07. The summed E-state index contributed by atoms with van der Waals surface area (Å²) < 4.78 is 3.58. The third-order valence-electron chi connectivity index (χ3n) is 3.86. The minimum absolute atomic E-state index is 0.398. The van der Waals surface area contributed by atoms with Crippen LogP contribution in [0.3, 0.4) is 0 Å². The van der Waals surface area contributed by atoms with E-state index in [4.69, 9.17) is 0 Å². The molecule has 2 aromatic heterocycles. The number of carbonyl (C=O) groups is 1. The zero-order valence-electron chi connectivity index (χ0n) is 18.8. The van der Waals surface area contributed by atoms with Crippen LogP contribution in [0.15, 0.2) is 25.0 Å². The van der Waals surface area contributed by atoms with E-state index in [9.17, 15) is 4.79 Å². The van der Waals surface area contributed by atoms with Gasteiger partial charge in [-0.3, -0.25) is 9.36 Å². The summed E-state index contributed by atoms with van der Waals surface area (Å²) in [6, 6.07) is 0. The van der Waals surface area contributed by atoms with E-state index in [1.54, 1.807) is 4.68 Å². The highest BCUT2D eigenvalue weighted by atomic mass is 32.7. The highest BCUT2D eigenvalue weighted by molar-refractivity contribution is 8.31. The number of aldehydes is 1. The van der Waals surface area contributed by atoms with Crippen molar-refractivity contribution in [3.8, 4) is 0 Å². The molecular formula is C20H39N6OPS. The molecule has 0 saturated heterocycles. The molecule has 0 aliphatic heterocycles. The Bertz CT molecular complexity index is 644. The molecule has 0 fully saturated rings. The van der Waals surface area contributed by atoms with Gasteiger partial charge in [-0.05, 0) is 18.8 Å².